The van der Waals surface area contributed by atoms with E-state index in [4.69, 9.17) is 5.73 Å². The van der Waals surface area contributed by atoms with Gasteiger partial charge in [0.05, 0.1) is 0 Å². The van der Waals surface area contributed by atoms with Crippen LogP contribution in [0.25, 0.3) is 0 Å². The third-order valence-corrected chi connectivity index (χ3v) is 7.31. The minimum atomic E-state index is -3.99. The summed E-state index contributed by atoms with van der Waals surface area (Å²) >= 11 is 0. The molecule has 0 aliphatic rings. The molecule has 0 aliphatic heterocycles. The van der Waals surface area contributed by atoms with Crippen molar-refractivity contribution in [2.75, 3.05) is 28.4 Å². The summed E-state index contributed by atoms with van der Waals surface area (Å²) in [5.74, 6) is -1.15. The highest BCUT2D eigenvalue weighted by Crippen LogP contribution is 2.68. The third kappa shape index (κ3) is 2.91. The molecule has 0 heterocycles. The maximum absolute atomic E-state index is 12.0. The molecule has 0 bridgehead atoms. The molecular formula is C6H15NO7P2. The Morgan fingerprint density at radius 3 is 1.31 bits per heavy atom. The third-order valence-electron chi connectivity index (χ3n) is 1.87. The Bertz CT molecular complexity index is 302. The van der Waals surface area contributed by atoms with Gasteiger partial charge in [0.1, 0.15) is 0 Å². The van der Waals surface area contributed by atoms with Gasteiger partial charge in [-0.25, -0.2) is 0 Å². The molecule has 10 heteroatoms. The predicted molar refractivity (Wildman–Crippen MR) is 56.2 cm³/mol. The summed E-state index contributed by atoms with van der Waals surface area (Å²) < 4.78 is 42.2. The summed E-state index contributed by atoms with van der Waals surface area (Å²) in [4.78, 5) is 11.2. The van der Waals surface area contributed by atoms with Gasteiger partial charge in [-0.05, 0) is 0 Å². The number of primary amides is 1. The van der Waals surface area contributed by atoms with Crippen molar-refractivity contribution in [1.82, 2.24) is 0 Å². The minimum Gasteiger partial charge on any atom is -0.368 e. The zero-order valence-electron chi connectivity index (χ0n) is 9.41. The summed E-state index contributed by atoms with van der Waals surface area (Å²) in [5, 5.41) is -1.80. The average molecular weight is 275 g/mol. The van der Waals surface area contributed by atoms with Gasteiger partial charge >= 0.3 is 15.2 Å². The molecule has 0 fully saturated rings. The Hall–Kier alpha value is -0.230. The van der Waals surface area contributed by atoms with Gasteiger partial charge in [-0.2, -0.15) is 0 Å². The normalized spacial score (nSPS) is 13.1. The number of carbonyl (C=O) groups is 1. The molecule has 0 aromatic rings. The topological polar surface area (TPSA) is 114 Å². The van der Waals surface area contributed by atoms with Crippen LogP contribution in [0.3, 0.4) is 0 Å². The van der Waals surface area contributed by atoms with Crippen molar-refractivity contribution < 1.29 is 32.0 Å². The van der Waals surface area contributed by atoms with E-state index < -0.39 is 26.5 Å². The molecule has 1 amide bonds. The highest BCUT2D eigenvalue weighted by atomic mass is 31.2. The van der Waals surface area contributed by atoms with Crippen molar-refractivity contribution in [2.24, 2.45) is 5.73 Å². The van der Waals surface area contributed by atoms with Crippen LogP contribution >= 0.6 is 15.2 Å². The minimum absolute atomic E-state index is 1.04. The first kappa shape index (κ1) is 15.8. The highest BCUT2D eigenvalue weighted by molar-refractivity contribution is 7.74. The first-order valence-corrected chi connectivity index (χ1v) is 7.25. The van der Waals surface area contributed by atoms with Gasteiger partial charge in [-0.3, -0.25) is 13.9 Å². The van der Waals surface area contributed by atoms with E-state index in [1.807, 2.05) is 0 Å². The number of nitrogens with two attached hydrogens (primary N) is 1. The molecule has 0 saturated carbocycles. The van der Waals surface area contributed by atoms with Crippen molar-refractivity contribution in [2.45, 2.75) is 5.40 Å². The Kier molecular flexibility index (Phi) is 5.82. The van der Waals surface area contributed by atoms with Gasteiger partial charge in [0.2, 0.25) is 11.3 Å². The van der Waals surface area contributed by atoms with Crippen molar-refractivity contribution in [1.29, 1.82) is 0 Å². The molecule has 0 saturated heterocycles. The summed E-state index contributed by atoms with van der Waals surface area (Å²) in [7, 11) is -3.83. The molecule has 0 aromatic carbocycles. The van der Waals surface area contributed by atoms with Gasteiger partial charge in [0, 0.05) is 28.4 Å². The predicted octanol–water partition coefficient (Wildman–Crippen LogP) is 0.770. The van der Waals surface area contributed by atoms with E-state index in [0.717, 1.165) is 28.4 Å². The summed E-state index contributed by atoms with van der Waals surface area (Å²) in [6.45, 7) is 0. The Balaban J connectivity index is 5.57. The van der Waals surface area contributed by atoms with E-state index in [0.29, 0.717) is 0 Å². The molecule has 0 rings (SSSR count). The largest absolute Gasteiger partial charge is 0.368 e. The summed E-state index contributed by atoms with van der Waals surface area (Å²) in [6.07, 6.45) is 0. The fourth-order valence-corrected chi connectivity index (χ4v) is 5.27. The van der Waals surface area contributed by atoms with Crippen LogP contribution < -0.4 is 5.73 Å². The van der Waals surface area contributed by atoms with Crippen molar-refractivity contribution in [3.63, 3.8) is 0 Å². The molecule has 8 nitrogen and oxygen atoms in total. The van der Waals surface area contributed by atoms with Crippen molar-refractivity contribution in [3.05, 3.63) is 0 Å². The Labute approximate surface area is 93.4 Å². The van der Waals surface area contributed by atoms with Crippen LogP contribution in [-0.4, -0.2) is 39.7 Å². The maximum Gasteiger partial charge on any atom is 0.354 e. The molecular weight excluding hydrogens is 260 g/mol. The second-order valence-electron chi connectivity index (χ2n) is 2.59. The molecule has 0 unspecified atom stereocenters. The Morgan fingerprint density at radius 2 is 1.19 bits per heavy atom. The van der Waals surface area contributed by atoms with Gasteiger partial charge < -0.3 is 23.8 Å². The maximum atomic E-state index is 12.0. The van der Waals surface area contributed by atoms with Crippen LogP contribution in [0.2, 0.25) is 0 Å². The number of hydrogen-bond donors (Lipinski definition) is 1. The van der Waals surface area contributed by atoms with E-state index in [1.54, 1.807) is 0 Å². The van der Waals surface area contributed by atoms with Crippen LogP contribution in [0.5, 0.6) is 0 Å². The van der Waals surface area contributed by atoms with Gasteiger partial charge in [0.15, 0.2) is 0 Å². The molecule has 0 aromatic heterocycles. The zero-order chi connectivity index (χ0) is 13.0. The fourth-order valence-electron chi connectivity index (χ4n) is 1.03. The first-order valence-electron chi connectivity index (χ1n) is 4.03. The lowest BCUT2D eigenvalue weighted by atomic mass is 10.7. The van der Waals surface area contributed by atoms with Gasteiger partial charge in [-0.15, -0.1) is 0 Å². The molecule has 0 spiro atoms. The van der Waals surface area contributed by atoms with Crippen LogP contribution in [-0.2, 0) is 32.0 Å². The zero-order valence-corrected chi connectivity index (χ0v) is 11.2. The average Bonchev–Trinajstić information content (AvgIpc) is 2.28. The van der Waals surface area contributed by atoms with Crippen LogP contribution in [0.15, 0.2) is 0 Å². The lowest BCUT2D eigenvalue weighted by Crippen LogP contribution is -2.30. The van der Waals surface area contributed by atoms with Crippen LogP contribution in [0.1, 0.15) is 0 Å². The van der Waals surface area contributed by atoms with E-state index in [2.05, 4.69) is 18.1 Å². The highest BCUT2D eigenvalue weighted by Gasteiger charge is 2.53. The van der Waals surface area contributed by atoms with Gasteiger partial charge in [0.25, 0.3) is 0 Å². The van der Waals surface area contributed by atoms with E-state index in [9.17, 15) is 13.9 Å². The fraction of sp³-hybridized carbons (Fsp3) is 0.833. The number of amides is 1. The molecule has 16 heavy (non-hydrogen) atoms. The quantitative estimate of drug-likeness (QED) is 0.682. The van der Waals surface area contributed by atoms with Crippen molar-refractivity contribution >= 4 is 21.1 Å². The SMILES string of the molecule is COP(=O)(OC)C(C(N)=O)P(=O)(OC)OC. The molecule has 0 radical (unpaired) electrons. The standard InChI is InChI=1S/C6H15NO7P2/c1-11-15(9,12-2)6(5(7)8)16(10,13-3)14-4/h6H,1-4H3,(H2,7,8). The number of carbonyl (C=O) groups excluding carboxylic acids is 1. The molecule has 0 aliphatic carbocycles. The van der Waals surface area contributed by atoms with E-state index in [-0.39, 0.29) is 0 Å². The van der Waals surface area contributed by atoms with E-state index in [1.165, 1.54) is 0 Å². The van der Waals surface area contributed by atoms with E-state index >= 15 is 0 Å². The molecule has 2 N–H and O–H groups in total. The second kappa shape index (κ2) is 5.91. The summed E-state index contributed by atoms with van der Waals surface area (Å²) in [6, 6.07) is 0. The first-order chi connectivity index (χ1) is 7.31. The monoisotopic (exact) mass is 275 g/mol. The van der Waals surface area contributed by atoms with Crippen molar-refractivity contribution in [3.8, 4) is 0 Å². The lowest BCUT2D eigenvalue weighted by Gasteiger charge is -2.26. The summed E-state index contributed by atoms with van der Waals surface area (Å²) in [5.41, 5.74) is 5.01. The van der Waals surface area contributed by atoms with Crippen LogP contribution in [0.4, 0.5) is 0 Å². The molecule has 0 atom stereocenters. The smallest absolute Gasteiger partial charge is 0.354 e. The number of rotatable bonds is 7. The lowest BCUT2D eigenvalue weighted by molar-refractivity contribution is -0.116. The number of hydrogen-bond acceptors (Lipinski definition) is 7. The second-order valence-corrected chi connectivity index (χ2v) is 7.65. The molecule has 96 valence electrons. The Morgan fingerprint density at radius 1 is 0.938 bits per heavy atom. The van der Waals surface area contributed by atoms with Crippen LogP contribution in [0, 0.1) is 0 Å². The van der Waals surface area contributed by atoms with Gasteiger partial charge in [-0.1, -0.05) is 0 Å².